The van der Waals surface area contributed by atoms with E-state index < -0.39 is 0 Å². The summed E-state index contributed by atoms with van der Waals surface area (Å²) in [4.78, 5) is 41.9. The van der Waals surface area contributed by atoms with E-state index in [4.69, 9.17) is 26.5 Å². The van der Waals surface area contributed by atoms with Gasteiger partial charge in [-0.25, -0.2) is 4.98 Å². The molecule has 1 atom stereocenters. The van der Waals surface area contributed by atoms with Crippen molar-refractivity contribution in [3.63, 3.8) is 0 Å². The Labute approximate surface area is 229 Å². The third-order valence-corrected chi connectivity index (χ3v) is 6.45. The van der Waals surface area contributed by atoms with Gasteiger partial charge in [0.05, 0.1) is 48.2 Å². The summed E-state index contributed by atoms with van der Waals surface area (Å²) < 4.78 is 12.0. The monoisotopic (exact) mass is 552 g/mol. The van der Waals surface area contributed by atoms with Crippen LogP contribution >= 0.6 is 11.6 Å². The zero-order valence-corrected chi connectivity index (χ0v) is 22.8. The minimum Gasteiger partial charge on any atom is -0.455 e. The van der Waals surface area contributed by atoms with Gasteiger partial charge in [0.15, 0.2) is 11.3 Å². The molecule has 2 aromatic heterocycles. The van der Waals surface area contributed by atoms with Crippen molar-refractivity contribution < 1.29 is 18.8 Å². The maximum Gasteiger partial charge on any atom is 0.320 e. The van der Waals surface area contributed by atoms with Crippen molar-refractivity contribution in [1.29, 1.82) is 0 Å². The number of fused-ring (bicyclic) bond motifs is 1. The van der Waals surface area contributed by atoms with Gasteiger partial charge in [0.2, 0.25) is 0 Å². The Morgan fingerprint density at radius 2 is 2.10 bits per heavy atom. The highest BCUT2D eigenvalue weighted by Gasteiger charge is 2.24. The van der Waals surface area contributed by atoms with Gasteiger partial charge in [-0.05, 0) is 44.5 Å². The Morgan fingerprint density at radius 3 is 2.77 bits per heavy atom. The van der Waals surface area contributed by atoms with Crippen LogP contribution in [0.25, 0.3) is 16.5 Å². The van der Waals surface area contributed by atoms with Crippen LogP contribution in [0.3, 0.4) is 0 Å². The highest BCUT2D eigenvalue weighted by Crippen LogP contribution is 2.32. The number of carbonyl (C=O) groups excluding carboxylic acids is 1. The second-order valence-corrected chi connectivity index (χ2v) is 9.25. The van der Waals surface area contributed by atoms with Crippen LogP contribution in [0.15, 0.2) is 49.7 Å². The molecule has 3 heterocycles. The first-order valence-corrected chi connectivity index (χ1v) is 12.5. The van der Waals surface area contributed by atoms with Crippen LogP contribution in [0, 0.1) is 13.8 Å². The van der Waals surface area contributed by atoms with E-state index in [2.05, 4.69) is 30.6 Å². The summed E-state index contributed by atoms with van der Waals surface area (Å²) in [6.07, 6.45) is 1.39. The Bertz CT molecular complexity index is 1560. The molecule has 204 valence electrons. The lowest BCUT2D eigenvalue weighted by atomic mass is 9.98. The molecule has 0 fully saturated rings. The van der Waals surface area contributed by atoms with Crippen molar-refractivity contribution in [1.82, 2.24) is 10.5 Å². The first-order chi connectivity index (χ1) is 18.8. The maximum absolute atomic E-state index is 13.5. The number of nitrogens with zero attached hydrogens (tertiary/aromatic N) is 3. The fourth-order valence-electron chi connectivity index (χ4n) is 4.39. The number of amidine groups is 1. The minimum absolute atomic E-state index is 0.162. The molecule has 11 nitrogen and oxygen atoms in total. The molecule has 39 heavy (non-hydrogen) atoms. The summed E-state index contributed by atoms with van der Waals surface area (Å²) >= 11 is 6.15. The largest absolute Gasteiger partial charge is 0.455 e. The number of hydrogen-bond acceptors (Lipinski definition) is 10. The number of pyridine rings is 1. The van der Waals surface area contributed by atoms with Crippen molar-refractivity contribution in [3.8, 4) is 0 Å². The molecule has 0 saturated carbocycles. The van der Waals surface area contributed by atoms with Crippen molar-refractivity contribution in [2.24, 2.45) is 15.7 Å². The van der Waals surface area contributed by atoms with Crippen LogP contribution < -0.4 is 22.0 Å². The lowest BCUT2D eigenvalue weighted by Crippen LogP contribution is -2.27. The number of hydrogen-bond donors (Lipinski definition) is 3. The zero-order chi connectivity index (χ0) is 28.1. The first kappa shape index (κ1) is 27.8. The first-order valence-electron chi connectivity index (χ1n) is 12.2. The molecule has 12 heteroatoms. The van der Waals surface area contributed by atoms with Crippen molar-refractivity contribution in [3.05, 3.63) is 74.0 Å². The van der Waals surface area contributed by atoms with E-state index in [9.17, 15) is 9.59 Å². The molecule has 0 spiro atoms. The van der Waals surface area contributed by atoms with Gasteiger partial charge in [-0.15, -0.1) is 0 Å². The molecule has 0 bridgehead atoms. The van der Waals surface area contributed by atoms with Crippen molar-refractivity contribution >= 4 is 51.9 Å². The fraction of sp³-hybridized carbons (Fsp3) is 0.296. The Kier molecular flexibility index (Phi) is 8.62. The van der Waals surface area contributed by atoms with Crippen LogP contribution in [-0.4, -0.2) is 49.8 Å². The molecule has 0 radical (unpaired) electrons. The van der Waals surface area contributed by atoms with E-state index in [0.717, 1.165) is 11.1 Å². The molecule has 1 aromatic carbocycles. The Morgan fingerprint density at radius 1 is 1.31 bits per heavy atom. The van der Waals surface area contributed by atoms with E-state index in [1.165, 1.54) is 13.2 Å². The third kappa shape index (κ3) is 5.79. The Hall–Kier alpha value is -4.22. The number of hydroxylamine groups is 1. The SMILES string of the molecule is CN=C(NOC=O)c1nc(Cl)ccc1NC(C)c1cc(C)cc2c(=O)c(C)c(/C(=C/N)C3=NCCOC3)oc12. The number of ether oxygens (including phenoxy) is 1. The number of anilines is 1. The maximum atomic E-state index is 13.5. The predicted octanol–water partition coefficient (Wildman–Crippen LogP) is 3.46. The molecular weight excluding hydrogens is 524 g/mol. The summed E-state index contributed by atoms with van der Waals surface area (Å²) in [7, 11) is 1.52. The number of aromatic nitrogens is 1. The lowest BCUT2D eigenvalue weighted by molar-refractivity contribution is -0.132. The highest BCUT2D eigenvalue weighted by molar-refractivity contribution is 6.29. The summed E-state index contributed by atoms with van der Waals surface area (Å²) in [6, 6.07) is 6.72. The van der Waals surface area contributed by atoms with E-state index >= 15 is 0 Å². The highest BCUT2D eigenvalue weighted by atomic mass is 35.5. The molecule has 0 amide bonds. The number of aliphatic imine (C=N–C) groups is 2. The van der Waals surface area contributed by atoms with Gasteiger partial charge in [-0.2, -0.15) is 5.48 Å². The molecule has 1 aliphatic rings. The summed E-state index contributed by atoms with van der Waals surface area (Å²) in [5.74, 6) is 0.534. The van der Waals surface area contributed by atoms with Crippen LogP contribution in [0.4, 0.5) is 5.69 Å². The fourth-order valence-corrected chi connectivity index (χ4v) is 4.54. The predicted molar refractivity (Wildman–Crippen MR) is 151 cm³/mol. The van der Waals surface area contributed by atoms with E-state index in [1.807, 2.05) is 19.9 Å². The molecular formula is C27H29ClN6O5. The average Bonchev–Trinajstić information content (AvgIpc) is 2.94. The van der Waals surface area contributed by atoms with Crippen molar-refractivity contribution in [2.45, 2.75) is 26.8 Å². The molecule has 1 aliphatic heterocycles. The molecule has 0 aliphatic carbocycles. The number of aryl methyl sites for hydroxylation is 1. The number of nitrogens with two attached hydrogens (primary N) is 1. The van der Waals surface area contributed by atoms with Gasteiger partial charge < -0.3 is 25.0 Å². The number of halogens is 1. The smallest absolute Gasteiger partial charge is 0.320 e. The lowest BCUT2D eigenvalue weighted by Gasteiger charge is -2.21. The molecule has 4 N–H and O–H groups in total. The zero-order valence-electron chi connectivity index (χ0n) is 22.0. The number of rotatable bonds is 8. The van der Waals surface area contributed by atoms with Gasteiger partial charge in [-0.3, -0.25) is 19.6 Å². The van der Waals surface area contributed by atoms with Crippen LogP contribution in [-0.2, 0) is 14.4 Å². The Balaban J connectivity index is 1.83. The van der Waals surface area contributed by atoms with E-state index in [1.54, 1.807) is 25.1 Å². The normalized spacial score (nSPS) is 15.1. The molecule has 0 saturated heterocycles. The van der Waals surface area contributed by atoms with Gasteiger partial charge in [-0.1, -0.05) is 17.7 Å². The van der Waals surface area contributed by atoms with Crippen LogP contribution in [0.2, 0.25) is 5.15 Å². The third-order valence-electron chi connectivity index (χ3n) is 6.24. The number of benzene rings is 1. The van der Waals surface area contributed by atoms with Gasteiger partial charge in [0.25, 0.3) is 0 Å². The molecule has 4 rings (SSSR count). The topological polar surface area (TPSA) is 153 Å². The van der Waals surface area contributed by atoms with Gasteiger partial charge >= 0.3 is 6.47 Å². The van der Waals surface area contributed by atoms with E-state index in [0.29, 0.717) is 58.1 Å². The van der Waals surface area contributed by atoms with Gasteiger partial charge in [0.1, 0.15) is 22.2 Å². The quantitative estimate of drug-likeness (QED) is 0.125. The van der Waals surface area contributed by atoms with Crippen LogP contribution in [0.1, 0.15) is 41.1 Å². The minimum atomic E-state index is -0.376. The summed E-state index contributed by atoms with van der Waals surface area (Å²) in [5.41, 5.74) is 12.8. The van der Waals surface area contributed by atoms with Gasteiger partial charge in [0, 0.05) is 24.4 Å². The van der Waals surface area contributed by atoms with Crippen LogP contribution in [0.5, 0.6) is 0 Å². The number of carbonyl (C=O) groups is 1. The van der Waals surface area contributed by atoms with Crippen molar-refractivity contribution in [2.75, 3.05) is 32.1 Å². The molecule has 3 aromatic rings. The molecule has 1 unspecified atom stereocenters. The second-order valence-electron chi connectivity index (χ2n) is 8.86. The number of nitrogens with one attached hydrogen (secondary N) is 2. The summed E-state index contributed by atoms with van der Waals surface area (Å²) in [6.45, 7) is 7.08. The summed E-state index contributed by atoms with van der Waals surface area (Å²) in [5, 5.41) is 4.06. The van der Waals surface area contributed by atoms with E-state index in [-0.39, 0.29) is 35.5 Å². The second kappa shape index (κ2) is 12.1. The standard InChI is InChI=1S/C27H29ClN6O5/c1-14-9-17(16(3)32-20-5-6-22(28)33-23(20)27(30-4)34-38-13-35)26-18(10-14)24(36)15(2)25(39-26)19(11-29)21-12-37-8-7-31-21/h5-6,9-11,13,16,32H,7-8,12,29H2,1-4H3,(H,30,34)/b19-11+. The average molecular weight is 553 g/mol.